The number of nitriles is 1. The fraction of sp³-hybridized carbons (Fsp3) is 0.500. The topological polar surface area (TPSA) is 30.3 Å². The van der Waals surface area contributed by atoms with Gasteiger partial charge in [0.05, 0.1) is 11.3 Å². The molecule has 0 radical (unpaired) electrons. The summed E-state index contributed by atoms with van der Waals surface area (Å²) in [5, 5.41) is 9.07. The maximum atomic E-state index is 13.1. The van der Waals surface area contributed by atoms with E-state index in [4.69, 9.17) is 5.26 Å². The summed E-state index contributed by atoms with van der Waals surface area (Å²) in [4.78, 5) is 4.71. The normalized spacial score (nSPS) is 20.8. The van der Waals surface area contributed by atoms with Gasteiger partial charge in [0.1, 0.15) is 11.9 Å². The Morgan fingerprint density at radius 1 is 1.17 bits per heavy atom. The fourth-order valence-corrected chi connectivity index (χ4v) is 2.64. The second-order valence-electron chi connectivity index (χ2n) is 5.03. The molecule has 3 rings (SSSR count). The summed E-state index contributed by atoms with van der Waals surface area (Å²) in [6, 6.07) is 7.37. The zero-order chi connectivity index (χ0) is 12.5. The number of rotatable bonds is 2. The molecule has 0 aromatic heterocycles. The number of piperazine rings is 1. The zero-order valence-electron chi connectivity index (χ0n) is 10.3. The van der Waals surface area contributed by atoms with Gasteiger partial charge >= 0.3 is 0 Å². The van der Waals surface area contributed by atoms with Crippen molar-refractivity contribution >= 4 is 5.69 Å². The van der Waals surface area contributed by atoms with Crippen LogP contribution in [0.4, 0.5) is 10.1 Å². The first-order valence-corrected chi connectivity index (χ1v) is 6.46. The molecule has 1 saturated heterocycles. The summed E-state index contributed by atoms with van der Waals surface area (Å²) in [7, 11) is 0. The van der Waals surface area contributed by atoms with Crippen molar-refractivity contribution in [2.45, 2.75) is 18.9 Å². The van der Waals surface area contributed by atoms with Gasteiger partial charge in [0, 0.05) is 32.2 Å². The molecular formula is C14H16FN3. The zero-order valence-corrected chi connectivity index (χ0v) is 10.3. The predicted octanol–water partition coefficient (Wildman–Crippen LogP) is 1.98. The highest BCUT2D eigenvalue weighted by Crippen LogP contribution is 2.29. The summed E-state index contributed by atoms with van der Waals surface area (Å²) >= 11 is 0. The van der Waals surface area contributed by atoms with Crippen LogP contribution in [0, 0.1) is 17.1 Å². The van der Waals surface area contributed by atoms with Crippen LogP contribution in [0.3, 0.4) is 0 Å². The SMILES string of the molecule is N#Cc1cc(F)ccc1N1CCN(C2CC2)CC1. The molecule has 1 saturated carbocycles. The van der Waals surface area contributed by atoms with Crippen molar-refractivity contribution in [3.05, 3.63) is 29.6 Å². The molecule has 3 nitrogen and oxygen atoms in total. The second kappa shape index (κ2) is 4.58. The molecule has 1 heterocycles. The van der Waals surface area contributed by atoms with Crippen molar-refractivity contribution in [3.63, 3.8) is 0 Å². The molecular weight excluding hydrogens is 229 g/mol. The van der Waals surface area contributed by atoms with E-state index < -0.39 is 0 Å². The molecule has 0 unspecified atom stereocenters. The molecule has 0 spiro atoms. The van der Waals surface area contributed by atoms with E-state index in [0.717, 1.165) is 37.9 Å². The van der Waals surface area contributed by atoms with Crippen LogP contribution in [0.5, 0.6) is 0 Å². The first-order valence-electron chi connectivity index (χ1n) is 6.46. The van der Waals surface area contributed by atoms with Gasteiger partial charge in [-0.1, -0.05) is 0 Å². The molecule has 0 amide bonds. The smallest absolute Gasteiger partial charge is 0.124 e. The minimum absolute atomic E-state index is 0.341. The summed E-state index contributed by atoms with van der Waals surface area (Å²) in [6.07, 6.45) is 2.67. The highest BCUT2D eigenvalue weighted by atomic mass is 19.1. The molecule has 2 aliphatic rings. The number of hydrogen-bond acceptors (Lipinski definition) is 3. The maximum Gasteiger partial charge on any atom is 0.124 e. The first-order chi connectivity index (χ1) is 8.78. The van der Waals surface area contributed by atoms with E-state index in [1.54, 1.807) is 6.07 Å². The molecule has 1 aromatic rings. The van der Waals surface area contributed by atoms with E-state index in [-0.39, 0.29) is 5.82 Å². The Bertz CT molecular complexity index is 482. The maximum absolute atomic E-state index is 13.1. The van der Waals surface area contributed by atoms with E-state index in [1.165, 1.54) is 25.0 Å². The van der Waals surface area contributed by atoms with Gasteiger partial charge in [-0.2, -0.15) is 5.26 Å². The Hall–Kier alpha value is -1.60. The summed E-state index contributed by atoms with van der Waals surface area (Å²) in [5.74, 6) is -0.341. The Labute approximate surface area is 106 Å². The molecule has 1 aliphatic heterocycles. The van der Waals surface area contributed by atoms with Gasteiger partial charge in [0.15, 0.2) is 0 Å². The van der Waals surface area contributed by atoms with Crippen LogP contribution < -0.4 is 4.90 Å². The van der Waals surface area contributed by atoms with Gasteiger partial charge in [0.25, 0.3) is 0 Å². The van der Waals surface area contributed by atoms with E-state index in [2.05, 4.69) is 15.9 Å². The average Bonchev–Trinajstić information content (AvgIpc) is 3.23. The number of benzene rings is 1. The van der Waals surface area contributed by atoms with Crippen molar-refractivity contribution in [2.75, 3.05) is 31.1 Å². The number of nitrogens with zero attached hydrogens (tertiary/aromatic N) is 3. The molecule has 94 valence electrons. The molecule has 4 heteroatoms. The number of hydrogen-bond donors (Lipinski definition) is 0. The lowest BCUT2D eigenvalue weighted by atomic mass is 10.1. The molecule has 18 heavy (non-hydrogen) atoms. The highest BCUT2D eigenvalue weighted by molar-refractivity contribution is 5.59. The van der Waals surface area contributed by atoms with Crippen molar-refractivity contribution < 1.29 is 4.39 Å². The largest absolute Gasteiger partial charge is 0.368 e. The molecule has 0 atom stereocenters. The molecule has 2 fully saturated rings. The van der Waals surface area contributed by atoms with Crippen LogP contribution in [0.1, 0.15) is 18.4 Å². The average molecular weight is 245 g/mol. The molecule has 1 aromatic carbocycles. The van der Waals surface area contributed by atoms with Crippen LogP contribution in [0.25, 0.3) is 0 Å². The van der Waals surface area contributed by atoms with Gasteiger partial charge < -0.3 is 4.90 Å². The van der Waals surface area contributed by atoms with E-state index in [1.807, 2.05) is 0 Å². The second-order valence-corrected chi connectivity index (χ2v) is 5.03. The van der Waals surface area contributed by atoms with Gasteiger partial charge in [0.2, 0.25) is 0 Å². The van der Waals surface area contributed by atoms with E-state index in [0.29, 0.717) is 5.56 Å². The van der Waals surface area contributed by atoms with Crippen molar-refractivity contribution in [3.8, 4) is 6.07 Å². The minimum atomic E-state index is -0.341. The van der Waals surface area contributed by atoms with Crippen molar-refractivity contribution in [1.29, 1.82) is 5.26 Å². The first kappa shape index (κ1) is 11.5. The number of halogens is 1. The molecule has 0 bridgehead atoms. The van der Waals surface area contributed by atoms with Gasteiger partial charge in [-0.15, -0.1) is 0 Å². The Morgan fingerprint density at radius 3 is 2.50 bits per heavy atom. The van der Waals surface area contributed by atoms with Crippen LogP contribution in [-0.4, -0.2) is 37.1 Å². The summed E-state index contributed by atoms with van der Waals surface area (Å²) in [6.45, 7) is 3.95. The number of anilines is 1. The Morgan fingerprint density at radius 2 is 1.89 bits per heavy atom. The highest BCUT2D eigenvalue weighted by Gasteiger charge is 2.31. The van der Waals surface area contributed by atoms with Crippen LogP contribution in [0.15, 0.2) is 18.2 Å². The van der Waals surface area contributed by atoms with Gasteiger partial charge in [-0.05, 0) is 31.0 Å². The van der Waals surface area contributed by atoms with E-state index in [9.17, 15) is 4.39 Å². The predicted molar refractivity (Wildman–Crippen MR) is 67.9 cm³/mol. The van der Waals surface area contributed by atoms with Gasteiger partial charge in [-0.3, -0.25) is 4.90 Å². The lowest BCUT2D eigenvalue weighted by Gasteiger charge is -2.36. The van der Waals surface area contributed by atoms with Crippen LogP contribution in [-0.2, 0) is 0 Å². The fourth-order valence-electron chi connectivity index (χ4n) is 2.64. The molecule has 0 N–H and O–H groups in total. The monoisotopic (exact) mass is 245 g/mol. The van der Waals surface area contributed by atoms with Crippen molar-refractivity contribution in [1.82, 2.24) is 4.90 Å². The third-order valence-electron chi connectivity index (χ3n) is 3.80. The lowest BCUT2D eigenvalue weighted by molar-refractivity contribution is 0.248. The van der Waals surface area contributed by atoms with Crippen LogP contribution in [0.2, 0.25) is 0 Å². The quantitative estimate of drug-likeness (QED) is 0.798. The molecule has 1 aliphatic carbocycles. The third-order valence-corrected chi connectivity index (χ3v) is 3.80. The van der Waals surface area contributed by atoms with Gasteiger partial charge in [-0.25, -0.2) is 4.39 Å². The summed E-state index contributed by atoms with van der Waals surface area (Å²) < 4.78 is 13.1. The Kier molecular flexibility index (Phi) is 2.92. The Balaban J connectivity index is 1.74. The standard InChI is InChI=1S/C14H16FN3/c15-12-1-4-14(11(9-12)10-16)18-7-5-17(6-8-18)13-2-3-13/h1,4,9,13H,2-3,5-8H2. The third kappa shape index (κ3) is 2.19. The lowest BCUT2D eigenvalue weighted by Crippen LogP contribution is -2.47. The van der Waals surface area contributed by atoms with Crippen molar-refractivity contribution in [2.24, 2.45) is 0 Å². The summed E-state index contributed by atoms with van der Waals surface area (Å²) in [5.41, 5.74) is 1.31. The minimum Gasteiger partial charge on any atom is -0.368 e. The van der Waals surface area contributed by atoms with Crippen LogP contribution >= 0.6 is 0 Å². The van der Waals surface area contributed by atoms with E-state index >= 15 is 0 Å².